The lowest BCUT2D eigenvalue weighted by Crippen LogP contribution is -2.29. The van der Waals surface area contributed by atoms with Crippen LogP contribution in [-0.4, -0.2) is 35.6 Å². The normalized spacial score (nSPS) is 13.4. The van der Waals surface area contributed by atoms with Gasteiger partial charge in [0.2, 0.25) is 0 Å². The fraction of sp³-hybridized carbons (Fsp3) is 0.0455. The highest BCUT2D eigenvalue weighted by Crippen LogP contribution is 2.43. The Hall–Kier alpha value is -8.07. The molecule has 0 fully saturated rings. The van der Waals surface area contributed by atoms with Gasteiger partial charge in [0.05, 0.1) is 50.3 Å². The molecule has 0 unspecified atom stereocenters. The van der Waals surface area contributed by atoms with E-state index in [2.05, 4.69) is 0 Å². The number of nitrogens with zero attached hydrogens (tertiary/aromatic N) is 2. The fourth-order valence-corrected chi connectivity index (χ4v) is 6.84. The van der Waals surface area contributed by atoms with Crippen LogP contribution in [0.2, 0.25) is 0 Å². The van der Waals surface area contributed by atoms with E-state index in [1.807, 2.05) is 0 Å². The van der Waals surface area contributed by atoms with Crippen molar-refractivity contribution in [2.45, 2.75) is 13.1 Å². The van der Waals surface area contributed by atoms with Gasteiger partial charge in [0.25, 0.3) is 23.6 Å². The number of carbonyl (C=O) groups is 6. The number of nitrogen functional groups attached to an aromatic ring is 2. The van der Waals surface area contributed by atoms with E-state index in [0.717, 1.165) is 17.0 Å². The number of rotatable bonds is 7. The Kier molecular flexibility index (Phi) is 9.07. The predicted octanol–water partition coefficient (Wildman–Crippen LogP) is 7.88. The quantitative estimate of drug-likeness (QED) is 0.0699. The maximum atomic E-state index is 14.8. The van der Waals surface area contributed by atoms with Crippen molar-refractivity contribution in [3.8, 4) is 22.6 Å². The molecule has 8 rings (SSSR count). The van der Waals surface area contributed by atoms with Crippen molar-refractivity contribution in [2.24, 2.45) is 0 Å². The zero-order valence-electron chi connectivity index (χ0n) is 30.5. The highest BCUT2D eigenvalue weighted by atomic mass is 19.4. The molecule has 15 heteroatoms. The molecular formula is C44H27F3N4O8. The van der Waals surface area contributed by atoms with Crippen LogP contribution in [-0.2, 0) is 6.18 Å². The molecule has 0 aliphatic carbocycles. The second-order valence-corrected chi connectivity index (χ2v) is 13.6. The van der Waals surface area contributed by atoms with Crippen molar-refractivity contribution in [1.82, 2.24) is 0 Å². The molecule has 4 N–H and O–H groups in total. The number of hydrogen-bond donors (Lipinski definition) is 2. The Bertz CT molecular complexity index is 2820. The van der Waals surface area contributed by atoms with Gasteiger partial charge >= 0.3 is 18.1 Å². The van der Waals surface area contributed by atoms with E-state index in [1.54, 1.807) is 12.1 Å². The summed E-state index contributed by atoms with van der Waals surface area (Å²) < 4.78 is 54.9. The molecule has 0 bridgehead atoms. The summed E-state index contributed by atoms with van der Waals surface area (Å²) in [7, 11) is 0. The fourth-order valence-electron chi connectivity index (χ4n) is 6.84. The first-order valence-corrected chi connectivity index (χ1v) is 17.6. The van der Waals surface area contributed by atoms with E-state index in [9.17, 15) is 41.9 Å². The average Bonchev–Trinajstić information content (AvgIpc) is 3.61. The molecule has 0 saturated carbocycles. The number of nitrogens with two attached hydrogens (primary N) is 2. The molecule has 2 aliphatic rings. The summed E-state index contributed by atoms with van der Waals surface area (Å²) in [5.74, 6) is -4.54. The summed E-state index contributed by atoms with van der Waals surface area (Å²) in [6, 6.07) is 26.6. The van der Waals surface area contributed by atoms with Gasteiger partial charge in [0.15, 0.2) is 0 Å². The molecule has 6 aromatic carbocycles. The lowest BCUT2D eigenvalue weighted by atomic mass is 9.94. The van der Waals surface area contributed by atoms with E-state index >= 15 is 0 Å². The van der Waals surface area contributed by atoms with Crippen molar-refractivity contribution in [1.29, 1.82) is 0 Å². The number of halogens is 3. The van der Waals surface area contributed by atoms with Crippen molar-refractivity contribution >= 4 is 58.3 Å². The number of hydrogen-bond acceptors (Lipinski definition) is 10. The molecule has 6 aromatic rings. The van der Waals surface area contributed by atoms with Crippen LogP contribution < -0.4 is 30.7 Å². The topological polar surface area (TPSA) is 179 Å². The van der Waals surface area contributed by atoms with Gasteiger partial charge in [-0.05, 0) is 133 Å². The van der Waals surface area contributed by atoms with Crippen molar-refractivity contribution < 1.29 is 51.4 Å². The Morgan fingerprint density at radius 2 is 0.881 bits per heavy atom. The van der Waals surface area contributed by atoms with Gasteiger partial charge in [-0.15, -0.1) is 0 Å². The van der Waals surface area contributed by atoms with Crippen LogP contribution in [0.3, 0.4) is 0 Å². The number of esters is 2. The Balaban J connectivity index is 1.04. The Morgan fingerprint density at radius 3 is 1.31 bits per heavy atom. The number of alkyl halides is 3. The summed E-state index contributed by atoms with van der Waals surface area (Å²) >= 11 is 0. The third-order valence-electron chi connectivity index (χ3n) is 9.75. The number of imide groups is 2. The molecule has 0 spiro atoms. The van der Waals surface area contributed by atoms with Crippen molar-refractivity contribution in [3.63, 3.8) is 0 Å². The van der Waals surface area contributed by atoms with Crippen molar-refractivity contribution in [3.05, 3.63) is 166 Å². The number of aryl methyl sites for hydroxylation is 1. The summed E-state index contributed by atoms with van der Waals surface area (Å²) in [6.07, 6.45) is -4.97. The van der Waals surface area contributed by atoms with Crippen LogP contribution in [0, 0.1) is 6.92 Å². The molecule has 2 aliphatic heterocycles. The number of anilines is 4. The zero-order chi connectivity index (χ0) is 41.9. The second kappa shape index (κ2) is 14.1. The summed E-state index contributed by atoms with van der Waals surface area (Å²) in [5.41, 5.74) is 10.3. The van der Waals surface area contributed by atoms with E-state index in [-0.39, 0.29) is 72.9 Å². The van der Waals surface area contributed by atoms with Gasteiger partial charge in [-0.1, -0.05) is 12.1 Å². The molecule has 4 amide bonds. The first-order valence-electron chi connectivity index (χ1n) is 17.6. The lowest BCUT2D eigenvalue weighted by Gasteiger charge is -2.21. The molecule has 2 heterocycles. The van der Waals surface area contributed by atoms with Crippen LogP contribution in [0.5, 0.6) is 11.5 Å². The third-order valence-corrected chi connectivity index (χ3v) is 9.75. The minimum atomic E-state index is -4.97. The minimum absolute atomic E-state index is 0.000628. The molecule has 292 valence electrons. The average molecular weight is 797 g/mol. The maximum Gasteiger partial charge on any atom is 0.417 e. The van der Waals surface area contributed by atoms with E-state index < -0.39 is 47.3 Å². The van der Waals surface area contributed by atoms with Gasteiger partial charge in [0, 0.05) is 11.4 Å². The Labute approximate surface area is 332 Å². The monoisotopic (exact) mass is 796 g/mol. The molecular weight excluding hydrogens is 769 g/mol. The highest BCUT2D eigenvalue weighted by Gasteiger charge is 2.41. The summed E-state index contributed by atoms with van der Waals surface area (Å²) in [5, 5.41) is 0. The molecule has 59 heavy (non-hydrogen) atoms. The zero-order valence-corrected chi connectivity index (χ0v) is 30.5. The van der Waals surface area contributed by atoms with E-state index in [1.165, 1.54) is 97.9 Å². The van der Waals surface area contributed by atoms with Crippen LogP contribution in [0.15, 0.2) is 121 Å². The molecule has 0 aromatic heterocycles. The van der Waals surface area contributed by atoms with Crippen molar-refractivity contribution in [2.75, 3.05) is 21.3 Å². The van der Waals surface area contributed by atoms with Gasteiger partial charge in [-0.3, -0.25) is 19.2 Å². The van der Waals surface area contributed by atoms with Crippen LogP contribution >= 0.6 is 0 Å². The molecule has 12 nitrogen and oxygen atoms in total. The lowest BCUT2D eigenvalue weighted by molar-refractivity contribution is -0.137. The number of amides is 4. The summed E-state index contributed by atoms with van der Waals surface area (Å²) in [4.78, 5) is 81.1. The van der Waals surface area contributed by atoms with Crippen LogP contribution in [0.25, 0.3) is 11.1 Å². The summed E-state index contributed by atoms with van der Waals surface area (Å²) in [6.45, 7) is 1.50. The van der Waals surface area contributed by atoms with Gasteiger partial charge < -0.3 is 20.9 Å². The van der Waals surface area contributed by atoms with Crippen LogP contribution in [0.4, 0.5) is 35.9 Å². The number of ether oxygens (including phenoxy) is 2. The van der Waals surface area contributed by atoms with Gasteiger partial charge in [-0.2, -0.15) is 13.2 Å². The largest absolute Gasteiger partial charge is 0.423 e. The van der Waals surface area contributed by atoms with Gasteiger partial charge in [0.1, 0.15) is 11.5 Å². The SMILES string of the molecule is Cc1cc(N2C(=O)c3ccc(C(=O)Oc4ccc(N)cc4)cc3C2=O)ccc1-c1ccc(N2C(=O)c3ccc(C(=O)Oc4ccc(N)cc4)cc3C2=O)cc1C(F)(F)F. The first kappa shape index (κ1) is 37.8. The van der Waals surface area contributed by atoms with Crippen LogP contribution in [0.1, 0.15) is 73.3 Å². The smallest absolute Gasteiger partial charge is 0.417 e. The van der Waals surface area contributed by atoms with E-state index in [0.29, 0.717) is 22.3 Å². The molecule has 0 atom stereocenters. The highest BCUT2D eigenvalue weighted by molar-refractivity contribution is 6.35. The minimum Gasteiger partial charge on any atom is -0.423 e. The number of benzene rings is 6. The second-order valence-electron chi connectivity index (χ2n) is 13.6. The molecule has 0 radical (unpaired) electrons. The Morgan fingerprint density at radius 1 is 0.492 bits per heavy atom. The maximum absolute atomic E-state index is 14.8. The van der Waals surface area contributed by atoms with Gasteiger partial charge in [-0.25, -0.2) is 19.4 Å². The molecule has 0 saturated heterocycles. The third kappa shape index (κ3) is 6.79. The standard InChI is InChI=1S/C44H27F3N4O8/c1-22-18-27(50-38(52)33-14-2-23(19-35(33)40(50)54)42(56)58-29-10-4-25(48)5-11-29)8-16-31(22)32-17-9-28(21-37(32)44(45,46)47)51-39(53)34-15-3-24(20-36(34)41(51)55)43(57)59-30-12-6-26(49)7-13-30/h2-21H,48-49H2,1H3. The first-order chi connectivity index (χ1) is 28.1. The van der Waals surface area contributed by atoms with E-state index in [4.69, 9.17) is 20.9 Å². The number of fused-ring (bicyclic) bond motifs is 2. The number of carbonyl (C=O) groups excluding carboxylic acids is 6. The predicted molar refractivity (Wildman–Crippen MR) is 208 cm³/mol.